The minimum Gasteiger partial charge on any atom is -0.0623 e. The predicted molar refractivity (Wildman–Crippen MR) is 230 cm³/mol. The molecule has 9 heteroatoms. The van der Waals surface area contributed by atoms with E-state index in [9.17, 15) is 0 Å². The third-order valence-electron chi connectivity index (χ3n) is 13.6. The van der Waals surface area contributed by atoms with Gasteiger partial charge in [-0.3, -0.25) is 0 Å². The van der Waals surface area contributed by atoms with Gasteiger partial charge >= 0.3 is 279 Å². The maximum atomic E-state index is 8.59. The van der Waals surface area contributed by atoms with Gasteiger partial charge in [0.05, 0.1) is 0 Å². The molecule has 0 bridgehead atoms. The van der Waals surface area contributed by atoms with Crippen molar-refractivity contribution in [3.63, 3.8) is 0 Å². The first-order valence-corrected chi connectivity index (χ1v) is 37.6. The van der Waals surface area contributed by atoms with Gasteiger partial charge in [0, 0.05) is 0 Å². The average Bonchev–Trinajstić information content (AvgIpc) is 3.23. The Labute approximate surface area is 313 Å². The van der Waals surface area contributed by atoms with Crippen molar-refractivity contribution in [3.05, 3.63) is 36.4 Å². The fourth-order valence-corrected chi connectivity index (χ4v) is 79.4. The fourth-order valence-electron chi connectivity index (χ4n) is 12.2. The number of rotatable bonds is 8. The summed E-state index contributed by atoms with van der Waals surface area (Å²) < 4.78 is 17.6. The van der Waals surface area contributed by atoms with Gasteiger partial charge in [0.1, 0.15) is 0 Å². The molecule has 3 saturated heterocycles. The summed E-state index contributed by atoms with van der Waals surface area (Å²) in [6, 6.07) is 12.0. The third kappa shape index (κ3) is 7.59. The minimum absolute atomic E-state index is 0.0197. The van der Waals surface area contributed by atoms with Gasteiger partial charge in [-0.15, -0.1) is 0 Å². The summed E-state index contributed by atoms with van der Waals surface area (Å²) >= 11 is -4.03. The Balaban J connectivity index is 0.000000974. The van der Waals surface area contributed by atoms with Crippen molar-refractivity contribution in [1.82, 2.24) is 10.1 Å². The molecule has 1 aromatic rings. The number of hydroxylamine groups is 4. The van der Waals surface area contributed by atoms with Crippen LogP contribution in [0.1, 0.15) is 107 Å². The molecule has 3 aliphatic rings. The number of benzene rings is 1. The van der Waals surface area contributed by atoms with Gasteiger partial charge in [-0.25, -0.2) is 0 Å². The summed E-state index contributed by atoms with van der Waals surface area (Å²) in [5, 5.41) is 5.26. The molecule has 0 radical (unpaired) electrons. The van der Waals surface area contributed by atoms with E-state index in [1.165, 1.54) is 51.4 Å². The summed E-state index contributed by atoms with van der Waals surface area (Å²) in [5.74, 6) is 0. The summed E-state index contributed by atoms with van der Waals surface area (Å²) in [6.07, 6.45) is 9.96. The zero-order valence-electron chi connectivity index (χ0n) is 36.3. The van der Waals surface area contributed by atoms with Crippen molar-refractivity contribution in [1.29, 1.82) is 0 Å². The minimum atomic E-state index is -4.03. The van der Waals surface area contributed by atoms with Gasteiger partial charge in [-0.1, -0.05) is 36.4 Å². The molecule has 3 heterocycles. The van der Waals surface area contributed by atoms with Gasteiger partial charge in [-0.2, -0.15) is 0 Å². The number of piperidine rings is 2. The molecule has 0 aliphatic carbocycles. The van der Waals surface area contributed by atoms with Crippen LogP contribution in [0, 0.1) is 0 Å². The Hall–Kier alpha value is 0.470. The molecule has 0 unspecified atom stereocenters. The van der Waals surface area contributed by atoms with Gasteiger partial charge in [-0.05, 0) is 0 Å². The van der Waals surface area contributed by atoms with Crippen molar-refractivity contribution in [3.8, 4) is 0 Å². The van der Waals surface area contributed by atoms with Crippen molar-refractivity contribution in [2.24, 2.45) is 0 Å². The second-order valence-electron chi connectivity index (χ2n) is 22.8. The molecule has 0 N–H and O–H groups in total. The van der Waals surface area contributed by atoms with Gasteiger partial charge < -0.3 is 0 Å². The van der Waals surface area contributed by atoms with Gasteiger partial charge in [0.2, 0.25) is 0 Å². The summed E-state index contributed by atoms with van der Waals surface area (Å²) in [4.78, 5) is 0. The van der Waals surface area contributed by atoms with E-state index >= 15 is 0 Å². The van der Waals surface area contributed by atoms with E-state index in [-0.39, 0.29) is 29.1 Å². The van der Waals surface area contributed by atoms with Crippen molar-refractivity contribution < 1.29 is 7.73 Å². The van der Waals surface area contributed by atoms with E-state index in [0.29, 0.717) is 0 Å². The molecule has 4 rings (SSSR count). The maximum Gasteiger partial charge on any atom is -0.0623 e. The molecule has 0 aromatic heterocycles. The Kier molecular flexibility index (Phi) is 12.5. The van der Waals surface area contributed by atoms with Crippen LogP contribution in [0.3, 0.4) is 0 Å². The first-order chi connectivity index (χ1) is 21.8. The molecule has 284 valence electrons. The van der Waals surface area contributed by atoms with Crippen LogP contribution in [0.4, 0.5) is 0 Å². The van der Waals surface area contributed by atoms with Crippen molar-refractivity contribution >= 4 is 46.2 Å². The molecule has 3 aliphatic heterocycles. The average molecular weight is 808 g/mol. The second-order valence-corrected chi connectivity index (χ2v) is 56.4. The standard InChI is InChI=1S/C34H76GeN2O2Si4.C6H6/c1-29(2)23-21-24-30(3,4)36(29)38-35(39-37-31(5,6)25-22-26-32(37,7)8)33(40(9,10)11,41(12,13)14)27-28-34(35,42(15,16)17)43(18,19)20;1-2-4-6-5-3-1/h21-28H2,1-20H3;1-6H. The Morgan fingerprint density at radius 2 is 0.592 bits per heavy atom. The fraction of sp³-hybridized carbons (Fsp3) is 0.850. The first kappa shape index (κ1) is 43.9. The number of nitrogens with zero attached hydrogens (tertiary/aromatic N) is 2. The zero-order valence-corrected chi connectivity index (χ0v) is 42.4. The van der Waals surface area contributed by atoms with Crippen LogP contribution in [-0.4, -0.2) is 78.5 Å². The van der Waals surface area contributed by atoms with E-state index in [0.717, 1.165) is 0 Å². The molecule has 0 atom stereocenters. The zero-order chi connectivity index (χ0) is 38.0. The van der Waals surface area contributed by atoms with E-state index in [4.69, 9.17) is 7.73 Å². The van der Waals surface area contributed by atoms with Gasteiger partial charge in [0.15, 0.2) is 0 Å². The summed E-state index contributed by atoms with van der Waals surface area (Å²) in [7, 11) is -7.44. The van der Waals surface area contributed by atoms with E-state index < -0.39 is 46.2 Å². The normalized spacial score (nSPS) is 26.4. The number of hydrogen-bond acceptors (Lipinski definition) is 4. The van der Waals surface area contributed by atoms with Crippen LogP contribution in [-0.2, 0) is 7.73 Å². The van der Waals surface area contributed by atoms with Crippen LogP contribution < -0.4 is 0 Å². The smallest absolute Gasteiger partial charge is 0.0623 e. The largest absolute Gasteiger partial charge is 0.0623 e. The third-order valence-corrected chi connectivity index (χ3v) is 67.2. The maximum absolute atomic E-state index is 8.59. The van der Waals surface area contributed by atoms with Crippen LogP contribution >= 0.6 is 0 Å². The quantitative estimate of drug-likeness (QED) is 0.244. The van der Waals surface area contributed by atoms with Gasteiger partial charge in [0.25, 0.3) is 0 Å². The van der Waals surface area contributed by atoms with Crippen molar-refractivity contribution in [2.75, 3.05) is 0 Å². The van der Waals surface area contributed by atoms with E-state index in [1.54, 1.807) is 0 Å². The van der Waals surface area contributed by atoms with Crippen LogP contribution in [0.25, 0.3) is 0 Å². The van der Waals surface area contributed by atoms with E-state index in [2.05, 4.69) is 144 Å². The molecule has 49 heavy (non-hydrogen) atoms. The van der Waals surface area contributed by atoms with Crippen LogP contribution in [0.5, 0.6) is 0 Å². The molecule has 3 fully saturated rings. The Morgan fingerprint density at radius 1 is 0.388 bits per heavy atom. The molecular formula is C40H82GeN2O2Si4. The summed E-state index contributed by atoms with van der Waals surface area (Å²) in [5.41, 5.74) is -0.0789. The molecule has 0 saturated carbocycles. The molecule has 1 aromatic carbocycles. The predicted octanol–water partition coefficient (Wildman–Crippen LogP) is 12.8. The second kappa shape index (κ2) is 14.0. The molecular weight excluding hydrogens is 725 g/mol. The Morgan fingerprint density at radius 3 is 0.776 bits per heavy atom. The van der Waals surface area contributed by atoms with E-state index in [1.807, 2.05) is 36.4 Å². The SMILES string of the molecule is CC1(C)CCCC(C)(C)N1[O][Ge]1([O]N2C(C)(C)CCCC2(C)C)[C]([Si](C)(C)C)([Si](C)(C)C)CC[C]1([Si](C)(C)C)[Si](C)(C)C.c1ccccc1. The molecule has 4 nitrogen and oxygen atoms in total. The Bertz CT molecular complexity index is 1090. The van der Waals surface area contributed by atoms with Crippen LogP contribution in [0.15, 0.2) is 36.4 Å². The first-order valence-electron chi connectivity index (χ1n) is 19.8. The molecule has 0 amide bonds. The molecule has 0 spiro atoms. The topological polar surface area (TPSA) is 24.9 Å². The monoisotopic (exact) mass is 808 g/mol. The number of hydrogen-bond donors (Lipinski definition) is 0. The van der Waals surface area contributed by atoms with Crippen LogP contribution in [0.2, 0.25) is 85.6 Å². The van der Waals surface area contributed by atoms with Crippen molar-refractivity contribution in [2.45, 2.75) is 214 Å². The summed E-state index contributed by atoms with van der Waals surface area (Å²) in [6.45, 7) is 52.5.